The predicted molar refractivity (Wildman–Crippen MR) is 130 cm³/mol. The number of ether oxygens (including phenoxy) is 1. The van der Waals surface area contributed by atoms with Gasteiger partial charge in [-0.25, -0.2) is 13.1 Å². The number of benzene rings is 1. The molecule has 3 saturated carbocycles. The number of morpholine rings is 1. The van der Waals surface area contributed by atoms with Crippen molar-refractivity contribution in [1.82, 2.24) is 14.2 Å². The molecular formula is C26H35N3O4S. The molecule has 7 nitrogen and oxygen atoms in total. The molecule has 0 spiro atoms. The van der Waals surface area contributed by atoms with E-state index in [9.17, 15) is 13.2 Å². The molecule has 0 radical (unpaired) electrons. The van der Waals surface area contributed by atoms with Gasteiger partial charge in [-0.15, -0.1) is 0 Å². The zero-order valence-corrected chi connectivity index (χ0v) is 20.7. The Morgan fingerprint density at radius 3 is 2.50 bits per heavy atom. The first-order valence-corrected chi connectivity index (χ1v) is 14.4. The average molecular weight is 486 g/mol. The van der Waals surface area contributed by atoms with Gasteiger partial charge in [0.05, 0.1) is 24.2 Å². The summed E-state index contributed by atoms with van der Waals surface area (Å²) in [7, 11) is -1.58. The average Bonchev–Trinajstić information content (AvgIpc) is 3.77. The number of carbonyl (C=O) groups is 1. The molecule has 3 aliphatic carbocycles. The summed E-state index contributed by atoms with van der Waals surface area (Å²) in [6.45, 7) is 1.98. The monoisotopic (exact) mass is 485 g/mol. The summed E-state index contributed by atoms with van der Waals surface area (Å²) in [6.07, 6.45) is 7.71. The van der Waals surface area contributed by atoms with Gasteiger partial charge in [0, 0.05) is 36.8 Å². The lowest BCUT2D eigenvalue weighted by molar-refractivity contribution is -0.146. The minimum Gasteiger partial charge on any atom is -0.377 e. The van der Waals surface area contributed by atoms with Crippen LogP contribution in [0.3, 0.4) is 0 Å². The number of hydrogen-bond donors (Lipinski definition) is 1. The highest BCUT2D eigenvalue weighted by atomic mass is 32.2. The van der Waals surface area contributed by atoms with Crippen molar-refractivity contribution in [3.63, 3.8) is 0 Å². The van der Waals surface area contributed by atoms with E-state index in [2.05, 4.69) is 20.3 Å². The molecule has 1 amide bonds. The summed E-state index contributed by atoms with van der Waals surface area (Å²) in [5.41, 5.74) is 2.26. The molecule has 2 aromatic rings. The quantitative estimate of drug-likeness (QED) is 0.679. The van der Waals surface area contributed by atoms with Crippen molar-refractivity contribution in [3.8, 4) is 0 Å². The Morgan fingerprint density at radius 1 is 1.03 bits per heavy atom. The number of amides is 1. The molecule has 1 aromatic carbocycles. The number of rotatable bonds is 6. The normalized spacial score (nSPS) is 28.4. The molecule has 4 aliphatic rings. The van der Waals surface area contributed by atoms with Gasteiger partial charge in [0.25, 0.3) is 0 Å². The van der Waals surface area contributed by atoms with Gasteiger partial charge in [-0.1, -0.05) is 6.07 Å². The highest BCUT2D eigenvalue weighted by Gasteiger charge is 2.41. The van der Waals surface area contributed by atoms with Crippen molar-refractivity contribution < 1.29 is 17.9 Å². The predicted octanol–water partition coefficient (Wildman–Crippen LogP) is 3.53. The first-order chi connectivity index (χ1) is 16.4. The Labute approximate surface area is 201 Å². The molecule has 1 N–H and O–H groups in total. The number of nitrogens with one attached hydrogen (secondary N) is 1. The molecule has 0 unspecified atom stereocenters. The molecule has 2 heterocycles. The molecule has 4 fully saturated rings. The van der Waals surface area contributed by atoms with Crippen LogP contribution < -0.4 is 4.72 Å². The molecule has 8 heteroatoms. The zero-order valence-electron chi connectivity index (χ0n) is 19.9. The minimum atomic E-state index is -3.61. The lowest BCUT2D eigenvalue weighted by Crippen LogP contribution is -2.52. The highest BCUT2D eigenvalue weighted by molar-refractivity contribution is 7.89. The number of fused-ring (bicyclic) bond motifs is 1. The second kappa shape index (κ2) is 8.64. The number of aromatic nitrogens is 1. The van der Waals surface area contributed by atoms with Crippen LogP contribution in [-0.2, 0) is 26.6 Å². The lowest BCUT2D eigenvalue weighted by Gasteiger charge is -2.39. The molecule has 1 aromatic heterocycles. The topological polar surface area (TPSA) is 80.6 Å². The second-order valence-electron chi connectivity index (χ2n) is 10.8. The summed E-state index contributed by atoms with van der Waals surface area (Å²) >= 11 is 0. The number of aryl methyl sites for hydroxylation is 1. The van der Waals surface area contributed by atoms with Crippen LogP contribution in [0, 0.1) is 11.8 Å². The largest absolute Gasteiger partial charge is 0.377 e. The molecular weight excluding hydrogens is 450 g/mol. The molecule has 6 rings (SSSR count). The Balaban J connectivity index is 1.10. The standard InChI is InChI=1S/C26H35N3O4S/c1-28-23(17-2-3-17)14-20-8-11-22(15-24(20)28)34(31,32)27-21-9-6-19(7-10-21)26(30)29-12-13-33-16-25(29)18-4-5-18/h8,11,14-15,17-19,21,25,27H,2-7,9-10,12-13,16H2,1H3/t19-,21-,25-/m1/s1. The Hall–Kier alpha value is -1.90. The van der Waals surface area contributed by atoms with Gasteiger partial charge in [0.1, 0.15) is 0 Å². The lowest BCUT2D eigenvalue weighted by atomic mass is 9.85. The fourth-order valence-electron chi connectivity index (χ4n) is 6.02. The molecule has 1 aliphatic heterocycles. The number of nitrogens with zero attached hydrogens (tertiary/aromatic N) is 2. The fourth-order valence-corrected chi connectivity index (χ4v) is 7.34. The zero-order chi connectivity index (χ0) is 23.4. The number of sulfonamides is 1. The fraction of sp³-hybridized carbons (Fsp3) is 0.654. The summed E-state index contributed by atoms with van der Waals surface area (Å²) in [4.78, 5) is 15.6. The second-order valence-corrected chi connectivity index (χ2v) is 12.5. The van der Waals surface area contributed by atoms with Gasteiger partial charge < -0.3 is 14.2 Å². The maximum atomic E-state index is 13.2. The first-order valence-electron chi connectivity index (χ1n) is 12.9. The van der Waals surface area contributed by atoms with Gasteiger partial charge in [0.2, 0.25) is 15.9 Å². The van der Waals surface area contributed by atoms with Crippen molar-refractivity contribution in [2.45, 2.75) is 74.3 Å². The van der Waals surface area contributed by atoms with Crippen LogP contribution in [0.15, 0.2) is 29.2 Å². The van der Waals surface area contributed by atoms with Crippen LogP contribution in [0.2, 0.25) is 0 Å². The summed E-state index contributed by atoms with van der Waals surface area (Å²) in [5, 5.41) is 1.09. The third-order valence-corrected chi connectivity index (χ3v) is 9.89. The molecule has 1 saturated heterocycles. The number of hydrogen-bond acceptors (Lipinski definition) is 4. The van der Waals surface area contributed by atoms with Crippen LogP contribution in [0.5, 0.6) is 0 Å². The van der Waals surface area contributed by atoms with Crippen LogP contribution in [0.1, 0.15) is 63.0 Å². The molecule has 1 atom stereocenters. The van der Waals surface area contributed by atoms with Crippen LogP contribution >= 0.6 is 0 Å². The van der Waals surface area contributed by atoms with Crippen molar-refractivity contribution in [3.05, 3.63) is 30.0 Å². The van der Waals surface area contributed by atoms with E-state index in [1.165, 1.54) is 31.4 Å². The van der Waals surface area contributed by atoms with Crippen molar-refractivity contribution in [2.24, 2.45) is 18.9 Å². The number of carbonyl (C=O) groups excluding carboxylic acids is 1. The summed E-state index contributed by atoms with van der Waals surface area (Å²) in [6, 6.07) is 7.75. The van der Waals surface area contributed by atoms with Crippen LogP contribution in [-0.4, -0.2) is 55.6 Å². The summed E-state index contributed by atoms with van der Waals surface area (Å²) in [5.74, 6) is 1.47. The van der Waals surface area contributed by atoms with Gasteiger partial charge >= 0.3 is 0 Å². The van der Waals surface area contributed by atoms with Gasteiger partial charge in [-0.05, 0) is 86.8 Å². The maximum Gasteiger partial charge on any atom is 0.240 e. The van der Waals surface area contributed by atoms with Crippen molar-refractivity contribution >= 4 is 26.8 Å². The Kier molecular flexibility index (Phi) is 5.73. The van der Waals surface area contributed by atoms with E-state index < -0.39 is 10.0 Å². The van der Waals surface area contributed by atoms with E-state index in [1.807, 2.05) is 13.1 Å². The Bertz CT molecular complexity index is 1190. The minimum absolute atomic E-state index is 0.000618. The highest BCUT2D eigenvalue weighted by Crippen LogP contribution is 2.42. The van der Waals surface area contributed by atoms with Crippen molar-refractivity contribution in [2.75, 3.05) is 19.8 Å². The van der Waals surface area contributed by atoms with E-state index in [0.29, 0.717) is 49.3 Å². The van der Waals surface area contributed by atoms with Crippen LogP contribution in [0.25, 0.3) is 10.9 Å². The van der Waals surface area contributed by atoms with Gasteiger partial charge in [-0.3, -0.25) is 4.79 Å². The van der Waals surface area contributed by atoms with E-state index in [-0.39, 0.29) is 23.9 Å². The van der Waals surface area contributed by atoms with E-state index in [0.717, 1.165) is 23.7 Å². The van der Waals surface area contributed by atoms with E-state index in [1.54, 1.807) is 12.1 Å². The SMILES string of the molecule is Cn1c(C2CC2)cc2ccc(S(=O)(=O)N[C@H]3CC[C@H](C(=O)N4CCOC[C@@H]4C4CC4)CC3)cc21. The Morgan fingerprint density at radius 2 is 1.79 bits per heavy atom. The molecule has 34 heavy (non-hydrogen) atoms. The molecule has 184 valence electrons. The van der Waals surface area contributed by atoms with Gasteiger partial charge in [-0.2, -0.15) is 0 Å². The first kappa shape index (κ1) is 22.6. The van der Waals surface area contributed by atoms with Gasteiger partial charge in [0.15, 0.2) is 0 Å². The van der Waals surface area contributed by atoms with Crippen molar-refractivity contribution in [1.29, 1.82) is 0 Å². The maximum absolute atomic E-state index is 13.2. The third-order valence-electron chi connectivity index (χ3n) is 8.37. The molecule has 0 bridgehead atoms. The smallest absolute Gasteiger partial charge is 0.240 e. The van der Waals surface area contributed by atoms with Crippen LogP contribution in [0.4, 0.5) is 0 Å². The summed E-state index contributed by atoms with van der Waals surface area (Å²) < 4.78 is 37.1. The van der Waals surface area contributed by atoms with E-state index in [4.69, 9.17) is 4.74 Å². The van der Waals surface area contributed by atoms with E-state index >= 15 is 0 Å². The third kappa shape index (κ3) is 4.29.